The summed E-state index contributed by atoms with van der Waals surface area (Å²) in [5.74, 6) is -14.1. The lowest BCUT2D eigenvalue weighted by Crippen LogP contribution is -2.59. The van der Waals surface area contributed by atoms with Gasteiger partial charge in [0.1, 0.15) is 77.2 Å². The number of fused-ring (bicyclic) bond motifs is 15. The van der Waals surface area contributed by atoms with Crippen molar-refractivity contribution in [3.63, 3.8) is 0 Å². The molecule has 11 bridgehead atoms. The fourth-order valence-corrected chi connectivity index (χ4v) is 9.83. The van der Waals surface area contributed by atoms with Gasteiger partial charge in [0.2, 0.25) is 53.0 Å². The summed E-state index contributed by atoms with van der Waals surface area (Å²) >= 11 is 13.5. The number of benzene rings is 5. The number of aliphatic hydroxyl groups excluding tert-OH is 2. The zero-order valence-corrected chi connectivity index (χ0v) is 43.9. The molecule has 17 N–H and O–H groups in total. The van der Waals surface area contributed by atoms with E-state index in [4.69, 9.17) is 44.1 Å². The summed E-state index contributed by atoms with van der Waals surface area (Å²) in [6, 6.07) is 1.24. The van der Waals surface area contributed by atoms with E-state index in [1.54, 1.807) is 0 Å². The molecule has 5 aliphatic rings. The monoisotopic (exact) mass is 1140 g/mol. The molecule has 0 aromatic heterocycles. The number of nitrogens with two attached hydrogens (primary N) is 2. The first-order valence-electron chi connectivity index (χ1n) is 24.5. The van der Waals surface area contributed by atoms with Gasteiger partial charge < -0.3 is 88.8 Å². The number of likely N-dealkylation sites (N-methyl/N-ethyl adjacent to an activating group) is 1. The molecular weight excluding hydrogens is 1090 g/mol. The summed E-state index contributed by atoms with van der Waals surface area (Å²) in [7, 11) is 1.50. The molecule has 9 atom stereocenters. The molecule has 0 saturated carbocycles. The Morgan fingerprint density at radius 3 is 1.79 bits per heavy atom. The molecule has 0 spiro atoms. The Morgan fingerprint density at radius 2 is 1.21 bits per heavy atom. The van der Waals surface area contributed by atoms with Crippen LogP contribution in [-0.2, 0) is 38.4 Å². The molecule has 80 heavy (non-hydrogen) atoms. The predicted molar refractivity (Wildman–Crippen MR) is 282 cm³/mol. The molecular formula is C53H53Cl2N9O16. The Balaban J connectivity index is 1.36. The first kappa shape index (κ1) is 57.3. The third-order valence-corrected chi connectivity index (χ3v) is 14.0. The number of hydrogen-bond acceptors (Lipinski definition) is 17. The molecule has 10 rings (SSSR count). The van der Waals surface area contributed by atoms with Gasteiger partial charge in [0.15, 0.2) is 11.5 Å². The van der Waals surface area contributed by atoms with E-state index in [1.165, 1.54) is 37.4 Å². The highest BCUT2D eigenvalue weighted by molar-refractivity contribution is 6.32. The molecule has 5 aliphatic heterocycles. The largest absolute Gasteiger partial charge is 0.508 e. The minimum atomic E-state index is -2.15. The van der Waals surface area contributed by atoms with E-state index in [9.17, 15) is 64.2 Å². The van der Waals surface area contributed by atoms with Crippen LogP contribution < -0.4 is 58.2 Å². The van der Waals surface area contributed by atoms with Gasteiger partial charge in [0.25, 0.3) is 0 Å². The summed E-state index contributed by atoms with van der Waals surface area (Å²) in [4.78, 5) is 114. The lowest BCUT2D eigenvalue weighted by molar-refractivity contribution is -0.138. The van der Waals surface area contributed by atoms with Gasteiger partial charge >= 0.3 is 0 Å². The molecule has 0 unspecified atom stereocenters. The molecule has 25 nitrogen and oxygen atoms in total. The Kier molecular flexibility index (Phi) is 16.6. The van der Waals surface area contributed by atoms with E-state index in [0.29, 0.717) is 0 Å². The number of halogens is 2. The minimum absolute atomic E-state index is 0.0312. The Bertz CT molecular complexity index is 3380. The van der Waals surface area contributed by atoms with Gasteiger partial charge in [-0.2, -0.15) is 0 Å². The van der Waals surface area contributed by atoms with Crippen LogP contribution in [0.4, 0.5) is 0 Å². The number of phenols is 4. The number of carbonyl (C=O) groups excluding carboxylic acids is 8. The maximum absolute atomic E-state index is 15.4. The first-order valence-corrected chi connectivity index (χ1v) is 25.2. The van der Waals surface area contributed by atoms with Gasteiger partial charge in [-0.15, -0.1) is 0 Å². The molecule has 27 heteroatoms. The number of ether oxygens (including phenoxy) is 2. The number of aromatic hydroxyl groups is 4. The van der Waals surface area contributed by atoms with Gasteiger partial charge in [-0.1, -0.05) is 55.2 Å². The third kappa shape index (κ3) is 11.9. The maximum atomic E-state index is 15.4. The summed E-state index contributed by atoms with van der Waals surface area (Å²) in [6.45, 7) is 3.69. The standard InChI is InChI=1S/C53H53Cl2N9O16/c1-19(2)10-29(58-3)48(73)63-42-44(69)21-5-8-33(27(54)12-21)79-35-14-23-15-36(46(35)71)80-34-9-6-22(13-28(34)55)45(70)43-53(78)62-41(47(57)72)26-16-24(65)17-32(67)38(26)25-11-20(4-7-31(25)66)39(50(75)64-43)61-51(76)40(23)60-49(74)30(18-37(56)68)59-52(42)77/h4-9,11-17,19,29-30,39-45,58,65-67,69-71H,10,18H2,1-3H3,(H2,56,68)(H2,57,72)(H,59,77)(H,60,74)(H,61,76)(H,62,78)(H,63,73)(H,64,75)/t29-,30+,39-,40-,41+,42-,43+,44-,45-/m1/s1. The average Bonchev–Trinajstić information content (AvgIpc) is 3.39. The van der Waals surface area contributed by atoms with Crippen molar-refractivity contribution < 1.29 is 78.5 Å². The second kappa shape index (κ2) is 23.2. The summed E-state index contributed by atoms with van der Waals surface area (Å²) in [5, 5.41) is 86.0. The topological polar surface area (TPSA) is 413 Å². The second-order valence-electron chi connectivity index (χ2n) is 19.4. The van der Waals surface area contributed by atoms with Crippen LogP contribution >= 0.6 is 23.2 Å². The van der Waals surface area contributed by atoms with Crippen molar-refractivity contribution in [1.82, 2.24) is 37.2 Å². The molecule has 0 fully saturated rings. The van der Waals surface area contributed by atoms with Crippen LogP contribution in [-0.4, -0.2) is 109 Å². The van der Waals surface area contributed by atoms with Crippen LogP contribution in [0, 0.1) is 5.92 Å². The molecule has 5 aromatic rings. The van der Waals surface area contributed by atoms with Crippen molar-refractivity contribution in [3.05, 3.63) is 117 Å². The molecule has 0 radical (unpaired) electrons. The fourth-order valence-electron chi connectivity index (χ4n) is 9.37. The molecule has 420 valence electrons. The number of carbonyl (C=O) groups is 8. The lowest BCUT2D eigenvalue weighted by atomic mass is 9.89. The number of aliphatic hydroxyl groups is 2. The zero-order chi connectivity index (χ0) is 58.2. The average molecular weight is 1140 g/mol. The van der Waals surface area contributed by atoms with Crippen molar-refractivity contribution >= 4 is 70.5 Å². The Hall–Kier alpha value is -8.88. The lowest BCUT2D eigenvalue weighted by Gasteiger charge is -2.31. The molecule has 5 heterocycles. The molecule has 5 aromatic carbocycles. The van der Waals surface area contributed by atoms with Crippen LogP contribution in [0.25, 0.3) is 11.1 Å². The molecule has 0 aliphatic carbocycles. The number of hydrogen-bond donors (Lipinski definition) is 15. The highest BCUT2D eigenvalue weighted by Gasteiger charge is 2.41. The fraction of sp³-hybridized carbons (Fsp3) is 0.283. The number of amides is 8. The zero-order valence-electron chi connectivity index (χ0n) is 42.4. The van der Waals surface area contributed by atoms with Gasteiger partial charge in [-0.05, 0) is 102 Å². The Morgan fingerprint density at radius 1 is 0.637 bits per heavy atom. The quantitative estimate of drug-likeness (QED) is 0.105. The summed E-state index contributed by atoms with van der Waals surface area (Å²) in [6.07, 6.45) is -4.71. The van der Waals surface area contributed by atoms with E-state index in [1.807, 2.05) is 13.8 Å². The number of primary amides is 2. The van der Waals surface area contributed by atoms with Crippen molar-refractivity contribution in [2.45, 2.75) is 81.2 Å². The number of nitrogens with one attached hydrogen (secondary N) is 7. The Labute approximate surface area is 463 Å². The first-order chi connectivity index (χ1) is 37.8. The minimum Gasteiger partial charge on any atom is -0.508 e. The molecule has 0 saturated heterocycles. The SMILES string of the molecule is CN[C@H](CC(C)C)C(=O)N[C@H]1C(=O)N[C@@H](CC(N)=O)C(=O)N[C@H]2C(=O)N[C@H]3C(=O)N[C@H](C(=O)N[C@H](C(N)=O)c4cc(O)cc(O)c4-c4cc3ccc4O)[C@H](O)c3ccc(c(Cl)c3)Oc3cc2cc(c3O)Oc2ccc(cc2Cl)[C@H]1O. The smallest absolute Gasteiger partial charge is 0.248 e. The highest BCUT2D eigenvalue weighted by Crippen LogP contribution is 2.47. The van der Waals surface area contributed by atoms with E-state index in [-0.39, 0.29) is 67.3 Å². The van der Waals surface area contributed by atoms with E-state index >= 15 is 4.79 Å². The molecule has 8 amide bonds. The van der Waals surface area contributed by atoms with Crippen LogP contribution in [0.5, 0.6) is 46.0 Å². The van der Waals surface area contributed by atoms with Crippen molar-refractivity contribution in [2.24, 2.45) is 17.4 Å². The van der Waals surface area contributed by atoms with Crippen LogP contribution in [0.2, 0.25) is 10.0 Å². The number of phenolic OH excluding ortho intramolecular Hbond substituents is 4. The van der Waals surface area contributed by atoms with E-state index < -0.39 is 148 Å². The number of rotatable bonds is 8. The van der Waals surface area contributed by atoms with Crippen molar-refractivity contribution in [1.29, 1.82) is 0 Å². The van der Waals surface area contributed by atoms with Gasteiger partial charge in [0, 0.05) is 17.2 Å². The highest BCUT2D eigenvalue weighted by atomic mass is 35.5. The predicted octanol–water partition coefficient (Wildman–Crippen LogP) is 1.80. The van der Waals surface area contributed by atoms with Crippen LogP contribution in [0.1, 0.15) is 84.8 Å². The maximum Gasteiger partial charge on any atom is 0.248 e. The van der Waals surface area contributed by atoms with E-state index in [2.05, 4.69) is 37.2 Å². The van der Waals surface area contributed by atoms with Crippen molar-refractivity contribution in [3.8, 4) is 57.1 Å². The van der Waals surface area contributed by atoms with Crippen LogP contribution in [0.15, 0.2) is 78.9 Å². The van der Waals surface area contributed by atoms with Gasteiger partial charge in [0.05, 0.1) is 22.5 Å². The normalized spacial score (nSPS) is 22.4. The van der Waals surface area contributed by atoms with Gasteiger partial charge in [-0.25, -0.2) is 0 Å². The van der Waals surface area contributed by atoms with E-state index in [0.717, 1.165) is 48.5 Å². The summed E-state index contributed by atoms with van der Waals surface area (Å²) < 4.78 is 12.3. The second-order valence-corrected chi connectivity index (χ2v) is 20.3. The van der Waals surface area contributed by atoms with Crippen LogP contribution in [0.3, 0.4) is 0 Å². The van der Waals surface area contributed by atoms with Crippen molar-refractivity contribution in [2.75, 3.05) is 7.05 Å². The van der Waals surface area contributed by atoms with Gasteiger partial charge in [-0.3, -0.25) is 38.4 Å². The third-order valence-electron chi connectivity index (χ3n) is 13.4. The summed E-state index contributed by atoms with van der Waals surface area (Å²) in [5.41, 5.74) is 9.45.